The molecule has 25 heavy (non-hydrogen) atoms. The number of carbonyl (C=O) groups excluding carboxylic acids is 1. The second kappa shape index (κ2) is 9.78. The quantitative estimate of drug-likeness (QED) is 0.771. The van der Waals surface area contributed by atoms with Crippen molar-refractivity contribution in [2.75, 3.05) is 33.0 Å². The molecule has 5 nitrogen and oxygen atoms in total. The van der Waals surface area contributed by atoms with Gasteiger partial charge < -0.3 is 19.5 Å². The number of amides is 1. The van der Waals surface area contributed by atoms with E-state index in [0.29, 0.717) is 24.9 Å². The molecule has 0 unspecified atom stereocenters. The number of hydrogen-bond acceptors (Lipinski definition) is 4. The molecule has 0 bridgehead atoms. The average Bonchev–Trinajstić information content (AvgIpc) is 2.67. The largest absolute Gasteiger partial charge is 0.494 e. The topological polar surface area (TPSA) is 56.8 Å². The lowest BCUT2D eigenvalue weighted by Gasteiger charge is -2.39. The predicted molar refractivity (Wildman–Crippen MR) is 95.6 cm³/mol. The molecule has 0 aromatic heterocycles. The third-order valence-corrected chi connectivity index (χ3v) is 5.18. The van der Waals surface area contributed by atoms with Gasteiger partial charge in [-0.2, -0.15) is 0 Å². The van der Waals surface area contributed by atoms with Crippen molar-refractivity contribution in [2.24, 2.45) is 11.8 Å². The summed E-state index contributed by atoms with van der Waals surface area (Å²) in [4.78, 5) is 12.3. The lowest BCUT2D eigenvalue weighted by Crippen LogP contribution is -2.49. The first-order valence-electron chi connectivity index (χ1n) is 9.45. The summed E-state index contributed by atoms with van der Waals surface area (Å²) < 4.78 is 16.8. The first kappa shape index (κ1) is 18.2. The second-order valence-corrected chi connectivity index (χ2v) is 6.92. The van der Waals surface area contributed by atoms with Crippen molar-refractivity contribution in [1.82, 2.24) is 5.32 Å². The van der Waals surface area contributed by atoms with Crippen LogP contribution >= 0.6 is 0 Å². The molecule has 2 fully saturated rings. The van der Waals surface area contributed by atoms with E-state index in [1.165, 1.54) is 0 Å². The third kappa shape index (κ3) is 5.72. The van der Waals surface area contributed by atoms with Crippen LogP contribution in [0.25, 0.3) is 0 Å². The first-order chi connectivity index (χ1) is 12.3. The number of para-hydroxylation sites is 1. The molecule has 1 aromatic rings. The van der Waals surface area contributed by atoms with E-state index in [2.05, 4.69) is 5.32 Å². The Balaban J connectivity index is 1.39. The van der Waals surface area contributed by atoms with E-state index in [9.17, 15) is 4.79 Å². The van der Waals surface area contributed by atoms with Crippen LogP contribution in [-0.2, 0) is 14.3 Å². The lowest BCUT2D eigenvalue weighted by molar-refractivity contribution is -0.124. The van der Waals surface area contributed by atoms with Crippen LogP contribution in [0, 0.1) is 11.8 Å². The van der Waals surface area contributed by atoms with Crippen LogP contribution in [0.1, 0.15) is 32.1 Å². The van der Waals surface area contributed by atoms with E-state index in [1.807, 2.05) is 30.3 Å². The summed E-state index contributed by atoms with van der Waals surface area (Å²) in [6.45, 7) is 3.72. The molecular formula is C20H29NO4. The second-order valence-electron chi connectivity index (χ2n) is 6.92. The van der Waals surface area contributed by atoms with E-state index >= 15 is 0 Å². The number of carbonyl (C=O) groups is 1. The Labute approximate surface area is 150 Å². The zero-order valence-electron chi connectivity index (χ0n) is 14.8. The number of hydrogen-bond donors (Lipinski definition) is 1. The van der Waals surface area contributed by atoms with Crippen molar-refractivity contribution in [3.05, 3.63) is 30.3 Å². The monoisotopic (exact) mass is 347 g/mol. The van der Waals surface area contributed by atoms with Crippen LogP contribution in [0.4, 0.5) is 0 Å². The number of rotatable bonds is 7. The lowest BCUT2D eigenvalue weighted by atomic mass is 9.79. The number of nitrogens with one attached hydrogen (secondary N) is 1. The fourth-order valence-corrected chi connectivity index (χ4v) is 3.77. The summed E-state index contributed by atoms with van der Waals surface area (Å²) in [6.07, 6.45) is 4.29. The summed E-state index contributed by atoms with van der Waals surface area (Å²) >= 11 is 0. The molecule has 0 aliphatic carbocycles. The van der Waals surface area contributed by atoms with Gasteiger partial charge >= 0.3 is 0 Å². The molecule has 0 saturated carbocycles. The highest BCUT2D eigenvalue weighted by molar-refractivity contribution is 5.76. The molecule has 2 aliphatic rings. The minimum Gasteiger partial charge on any atom is -0.494 e. The van der Waals surface area contributed by atoms with Gasteiger partial charge in [0.05, 0.1) is 13.2 Å². The first-order valence-corrected chi connectivity index (χ1v) is 9.45. The van der Waals surface area contributed by atoms with Crippen LogP contribution in [0.15, 0.2) is 30.3 Å². The molecule has 2 saturated heterocycles. The van der Waals surface area contributed by atoms with Crippen molar-refractivity contribution >= 4 is 5.91 Å². The number of ether oxygens (including phenoxy) is 3. The van der Waals surface area contributed by atoms with Gasteiger partial charge in [0.15, 0.2) is 0 Å². The Kier molecular flexibility index (Phi) is 7.12. The molecule has 0 spiro atoms. The maximum absolute atomic E-state index is 12.3. The summed E-state index contributed by atoms with van der Waals surface area (Å²) in [5.74, 6) is 2.00. The van der Waals surface area contributed by atoms with Crippen LogP contribution in [-0.4, -0.2) is 45.0 Å². The van der Waals surface area contributed by atoms with Crippen molar-refractivity contribution in [3.63, 3.8) is 0 Å². The molecule has 1 aromatic carbocycles. The van der Waals surface area contributed by atoms with E-state index < -0.39 is 0 Å². The summed E-state index contributed by atoms with van der Waals surface area (Å²) in [5, 5.41) is 3.25. The summed E-state index contributed by atoms with van der Waals surface area (Å²) in [6, 6.07) is 9.96. The van der Waals surface area contributed by atoms with Gasteiger partial charge in [-0.3, -0.25) is 4.79 Å². The summed E-state index contributed by atoms with van der Waals surface area (Å²) in [5.41, 5.74) is 0. The van der Waals surface area contributed by atoms with Gasteiger partial charge in [0.2, 0.25) is 5.91 Å². The van der Waals surface area contributed by atoms with Crippen LogP contribution in [0.2, 0.25) is 0 Å². The molecule has 1 amide bonds. The fourth-order valence-electron chi connectivity index (χ4n) is 3.77. The Morgan fingerprint density at radius 2 is 1.84 bits per heavy atom. The fraction of sp³-hybridized carbons (Fsp3) is 0.650. The van der Waals surface area contributed by atoms with Gasteiger partial charge in [-0.1, -0.05) is 18.2 Å². The highest BCUT2D eigenvalue weighted by Gasteiger charge is 2.34. The summed E-state index contributed by atoms with van der Waals surface area (Å²) in [7, 11) is 0. The Hall–Kier alpha value is -1.59. The van der Waals surface area contributed by atoms with Crippen LogP contribution in [0.3, 0.4) is 0 Å². The Bertz CT molecular complexity index is 516. The standard InChI is InChI=1S/C20H29NO4/c22-20(7-4-11-25-17-5-2-1-3-6-17)21-19-10-14-24-15-18(19)16-8-12-23-13-9-16/h1-3,5-6,16,18-19H,4,7-15H2,(H,21,22)/t18-,19-/m0/s1. The van der Waals surface area contributed by atoms with E-state index in [0.717, 1.165) is 57.9 Å². The van der Waals surface area contributed by atoms with Gasteiger partial charge in [0, 0.05) is 38.2 Å². The van der Waals surface area contributed by atoms with E-state index in [4.69, 9.17) is 14.2 Å². The average molecular weight is 347 g/mol. The smallest absolute Gasteiger partial charge is 0.220 e. The van der Waals surface area contributed by atoms with Gasteiger partial charge in [-0.25, -0.2) is 0 Å². The van der Waals surface area contributed by atoms with Gasteiger partial charge in [0.1, 0.15) is 5.75 Å². The molecule has 2 aliphatic heterocycles. The van der Waals surface area contributed by atoms with Crippen LogP contribution in [0.5, 0.6) is 5.75 Å². The minimum atomic E-state index is 0.126. The molecule has 2 atom stereocenters. The third-order valence-electron chi connectivity index (χ3n) is 5.18. The molecule has 3 rings (SSSR count). The maximum Gasteiger partial charge on any atom is 0.220 e. The predicted octanol–water partition coefficient (Wildman–Crippen LogP) is 2.79. The zero-order valence-corrected chi connectivity index (χ0v) is 14.8. The number of benzene rings is 1. The highest BCUT2D eigenvalue weighted by atomic mass is 16.5. The van der Waals surface area contributed by atoms with E-state index in [1.54, 1.807) is 0 Å². The normalized spacial score (nSPS) is 24.6. The zero-order chi connectivity index (χ0) is 17.3. The minimum absolute atomic E-state index is 0.126. The molecule has 0 radical (unpaired) electrons. The van der Waals surface area contributed by atoms with Crippen molar-refractivity contribution in [3.8, 4) is 5.75 Å². The van der Waals surface area contributed by atoms with Crippen molar-refractivity contribution in [2.45, 2.75) is 38.1 Å². The van der Waals surface area contributed by atoms with Crippen molar-refractivity contribution < 1.29 is 19.0 Å². The van der Waals surface area contributed by atoms with E-state index in [-0.39, 0.29) is 11.9 Å². The highest BCUT2D eigenvalue weighted by Crippen LogP contribution is 2.30. The Morgan fingerprint density at radius 1 is 1.08 bits per heavy atom. The molecule has 138 valence electrons. The molecule has 2 heterocycles. The maximum atomic E-state index is 12.3. The van der Waals surface area contributed by atoms with Gasteiger partial charge in [-0.05, 0) is 43.7 Å². The molecule has 5 heteroatoms. The van der Waals surface area contributed by atoms with Gasteiger partial charge in [-0.15, -0.1) is 0 Å². The molecular weight excluding hydrogens is 318 g/mol. The van der Waals surface area contributed by atoms with Gasteiger partial charge in [0.25, 0.3) is 0 Å². The van der Waals surface area contributed by atoms with Crippen molar-refractivity contribution in [1.29, 1.82) is 0 Å². The SMILES string of the molecule is O=C(CCCOc1ccccc1)N[C@H]1CCOC[C@H]1C1CCOCC1. The van der Waals surface area contributed by atoms with Crippen LogP contribution < -0.4 is 10.1 Å². The molecule has 1 N–H and O–H groups in total. The Morgan fingerprint density at radius 3 is 2.64 bits per heavy atom.